The van der Waals surface area contributed by atoms with Crippen LogP contribution in [0.4, 0.5) is 0 Å². The summed E-state index contributed by atoms with van der Waals surface area (Å²) in [7, 11) is 0. The van der Waals surface area contributed by atoms with E-state index in [1.54, 1.807) is 6.20 Å². The van der Waals surface area contributed by atoms with Gasteiger partial charge in [-0.2, -0.15) is 5.10 Å². The molecule has 21 heavy (non-hydrogen) atoms. The van der Waals surface area contributed by atoms with Gasteiger partial charge in [0, 0.05) is 38.1 Å². The first-order chi connectivity index (χ1) is 10.4. The lowest BCUT2D eigenvalue weighted by atomic mass is 9.91. The third-order valence-electron chi connectivity index (χ3n) is 4.29. The van der Waals surface area contributed by atoms with Crippen molar-refractivity contribution >= 4 is 0 Å². The Morgan fingerprint density at radius 3 is 2.62 bits per heavy atom. The number of aromatic nitrogens is 2. The van der Waals surface area contributed by atoms with Crippen molar-refractivity contribution in [1.82, 2.24) is 14.7 Å². The van der Waals surface area contributed by atoms with Crippen molar-refractivity contribution in [2.75, 3.05) is 13.2 Å². The predicted molar refractivity (Wildman–Crippen MR) is 83.3 cm³/mol. The number of rotatable bonds is 7. The van der Waals surface area contributed by atoms with Crippen LogP contribution in [-0.2, 0) is 6.54 Å². The Balaban J connectivity index is 1.65. The molecule has 0 unspecified atom stereocenters. The van der Waals surface area contributed by atoms with E-state index < -0.39 is 0 Å². The van der Waals surface area contributed by atoms with Gasteiger partial charge in [0.05, 0.1) is 5.69 Å². The van der Waals surface area contributed by atoms with Crippen LogP contribution in [0.1, 0.15) is 31.2 Å². The molecule has 1 aromatic carbocycles. The second-order valence-electron chi connectivity index (χ2n) is 5.75. The van der Waals surface area contributed by atoms with Crippen molar-refractivity contribution in [2.45, 2.75) is 38.3 Å². The van der Waals surface area contributed by atoms with Crippen molar-refractivity contribution in [1.29, 1.82) is 0 Å². The first-order valence-corrected chi connectivity index (χ1v) is 7.80. The van der Waals surface area contributed by atoms with Gasteiger partial charge >= 0.3 is 0 Å². The fourth-order valence-electron chi connectivity index (χ4n) is 2.83. The Bertz CT molecular complexity index is 532. The lowest BCUT2D eigenvalue weighted by Gasteiger charge is -2.37. The normalized spacial score (nSPS) is 15.3. The second-order valence-corrected chi connectivity index (χ2v) is 5.75. The van der Waals surface area contributed by atoms with Gasteiger partial charge < -0.3 is 5.11 Å². The molecule has 0 aliphatic heterocycles. The minimum absolute atomic E-state index is 0.279. The summed E-state index contributed by atoms with van der Waals surface area (Å²) in [6, 6.07) is 11.2. The fraction of sp³-hybridized carbons (Fsp3) is 0.471. The number of aliphatic hydroxyl groups excluding tert-OH is 1. The maximum Gasteiger partial charge on any atom is 0.0645 e. The van der Waals surface area contributed by atoms with Crippen LogP contribution in [0, 0.1) is 0 Å². The van der Waals surface area contributed by atoms with Gasteiger partial charge in [-0.3, -0.25) is 4.90 Å². The third kappa shape index (κ3) is 3.52. The molecule has 0 amide bonds. The third-order valence-corrected chi connectivity index (χ3v) is 4.29. The molecule has 1 heterocycles. The Hall–Kier alpha value is -1.65. The highest BCUT2D eigenvalue weighted by molar-refractivity contribution is 5.33. The predicted octanol–water partition coefficient (Wildman–Crippen LogP) is 2.61. The van der Waals surface area contributed by atoms with Gasteiger partial charge in [-0.05, 0) is 43.0 Å². The molecule has 112 valence electrons. The summed E-state index contributed by atoms with van der Waals surface area (Å²) >= 11 is 0. The van der Waals surface area contributed by atoms with E-state index in [1.807, 2.05) is 16.9 Å². The van der Waals surface area contributed by atoms with Crippen molar-refractivity contribution in [2.24, 2.45) is 0 Å². The molecule has 0 saturated heterocycles. The molecular formula is C17H23N3O. The summed E-state index contributed by atoms with van der Waals surface area (Å²) in [5.74, 6) is 0. The van der Waals surface area contributed by atoms with E-state index >= 15 is 0 Å². The van der Waals surface area contributed by atoms with Crippen LogP contribution in [-0.4, -0.2) is 39.0 Å². The smallest absolute Gasteiger partial charge is 0.0645 e. The molecule has 0 bridgehead atoms. The Labute approximate surface area is 126 Å². The topological polar surface area (TPSA) is 41.3 Å². The molecule has 1 aliphatic carbocycles. The largest absolute Gasteiger partial charge is 0.396 e. The van der Waals surface area contributed by atoms with E-state index in [-0.39, 0.29) is 6.61 Å². The molecule has 0 atom stereocenters. The minimum Gasteiger partial charge on any atom is -0.396 e. The maximum atomic E-state index is 9.06. The molecule has 2 aromatic rings. The van der Waals surface area contributed by atoms with Gasteiger partial charge in [0.15, 0.2) is 0 Å². The SMILES string of the molecule is OCCCN(Cc1ccc(-n2cccn2)cc1)C1CCC1. The molecule has 3 rings (SSSR count). The van der Waals surface area contributed by atoms with Crippen LogP contribution in [0.5, 0.6) is 0 Å². The van der Waals surface area contributed by atoms with Crippen LogP contribution in [0.3, 0.4) is 0 Å². The van der Waals surface area contributed by atoms with Crippen molar-refractivity contribution in [3.8, 4) is 5.69 Å². The first kappa shape index (κ1) is 14.3. The molecule has 1 N–H and O–H groups in total. The quantitative estimate of drug-likeness (QED) is 0.850. The molecule has 0 spiro atoms. The van der Waals surface area contributed by atoms with Crippen LogP contribution in [0.15, 0.2) is 42.7 Å². The number of benzene rings is 1. The molecule has 1 aliphatic rings. The van der Waals surface area contributed by atoms with Crippen molar-refractivity contribution in [3.63, 3.8) is 0 Å². The van der Waals surface area contributed by atoms with Gasteiger partial charge in [-0.25, -0.2) is 4.68 Å². The summed E-state index contributed by atoms with van der Waals surface area (Å²) < 4.78 is 1.87. The zero-order valence-electron chi connectivity index (χ0n) is 12.4. The lowest BCUT2D eigenvalue weighted by Crippen LogP contribution is -2.40. The average molecular weight is 285 g/mol. The Morgan fingerprint density at radius 2 is 2.05 bits per heavy atom. The molecule has 4 heteroatoms. The molecular weight excluding hydrogens is 262 g/mol. The first-order valence-electron chi connectivity index (χ1n) is 7.80. The van der Waals surface area contributed by atoms with E-state index in [4.69, 9.17) is 5.11 Å². The van der Waals surface area contributed by atoms with E-state index in [0.29, 0.717) is 6.04 Å². The zero-order chi connectivity index (χ0) is 14.5. The number of hydrogen-bond acceptors (Lipinski definition) is 3. The number of hydrogen-bond donors (Lipinski definition) is 1. The van der Waals surface area contributed by atoms with E-state index in [2.05, 4.69) is 34.3 Å². The van der Waals surface area contributed by atoms with Gasteiger partial charge in [0.2, 0.25) is 0 Å². The summed E-state index contributed by atoms with van der Waals surface area (Å²) in [5, 5.41) is 13.3. The van der Waals surface area contributed by atoms with Crippen LogP contribution in [0.25, 0.3) is 5.69 Å². The molecule has 1 saturated carbocycles. The van der Waals surface area contributed by atoms with E-state index in [0.717, 1.165) is 25.2 Å². The van der Waals surface area contributed by atoms with Gasteiger partial charge in [-0.15, -0.1) is 0 Å². The standard InChI is InChI=1S/C17H23N3O/c21-13-3-11-19(16-4-1-5-16)14-15-6-8-17(9-7-15)20-12-2-10-18-20/h2,6-10,12,16,21H,1,3-5,11,13-14H2. The molecule has 1 fully saturated rings. The minimum atomic E-state index is 0.279. The molecule has 1 aromatic heterocycles. The van der Waals surface area contributed by atoms with Crippen LogP contribution >= 0.6 is 0 Å². The second kappa shape index (κ2) is 6.87. The Morgan fingerprint density at radius 1 is 1.24 bits per heavy atom. The monoisotopic (exact) mass is 285 g/mol. The summed E-state index contributed by atoms with van der Waals surface area (Å²) in [6.07, 6.45) is 8.56. The van der Waals surface area contributed by atoms with Crippen molar-refractivity contribution < 1.29 is 5.11 Å². The summed E-state index contributed by atoms with van der Waals surface area (Å²) in [6.45, 7) is 2.24. The van der Waals surface area contributed by atoms with Crippen molar-refractivity contribution in [3.05, 3.63) is 48.3 Å². The van der Waals surface area contributed by atoms with Gasteiger partial charge in [-0.1, -0.05) is 18.6 Å². The molecule has 4 nitrogen and oxygen atoms in total. The van der Waals surface area contributed by atoms with E-state index in [9.17, 15) is 0 Å². The zero-order valence-corrected chi connectivity index (χ0v) is 12.4. The van der Waals surface area contributed by atoms with E-state index in [1.165, 1.54) is 24.8 Å². The molecule has 0 radical (unpaired) electrons. The Kier molecular flexibility index (Phi) is 4.68. The number of aliphatic hydroxyl groups is 1. The number of nitrogens with zero attached hydrogens (tertiary/aromatic N) is 3. The summed E-state index contributed by atoms with van der Waals surface area (Å²) in [5.41, 5.74) is 2.42. The highest BCUT2D eigenvalue weighted by Crippen LogP contribution is 2.26. The highest BCUT2D eigenvalue weighted by atomic mass is 16.3. The average Bonchev–Trinajstić information content (AvgIpc) is 2.98. The van der Waals surface area contributed by atoms with Gasteiger partial charge in [0.1, 0.15) is 0 Å². The van der Waals surface area contributed by atoms with Crippen LogP contribution < -0.4 is 0 Å². The maximum absolute atomic E-state index is 9.06. The summed E-state index contributed by atoms with van der Waals surface area (Å²) in [4.78, 5) is 2.52. The van der Waals surface area contributed by atoms with Gasteiger partial charge in [0.25, 0.3) is 0 Å². The lowest BCUT2D eigenvalue weighted by molar-refractivity contribution is 0.109. The fourth-order valence-corrected chi connectivity index (χ4v) is 2.83. The van der Waals surface area contributed by atoms with Crippen LogP contribution in [0.2, 0.25) is 0 Å². The highest BCUT2D eigenvalue weighted by Gasteiger charge is 2.24.